The SMILES string of the molecule is O=C(O)[C@@H]1CCCN1Cc1cnc(-c2ccccn2)nc1. The van der Waals surface area contributed by atoms with Crippen LogP contribution in [0.15, 0.2) is 36.8 Å². The van der Waals surface area contributed by atoms with Crippen LogP contribution in [0.1, 0.15) is 18.4 Å². The van der Waals surface area contributed by atoms with Crippen LogP contribution in [0.3, 0.4) is 0 Å². The van der Waals surface area contributed by atoms with Gasteiger partial charge in [0.15, 0.2) is 5.82 Å². The maximum Gasteiger partial charge on any atom is 0.320 e. The maximum atomic E-state index is 11.2. The molecule has 108 valence electrons. The molecule has 6 nitrogen and oxygen atoms in total. The Balaban J connectivity index is 1.72. The van der Waals surface area contributed by atoms with Crippen molar-refractivity contribution >= 4 is 5.97 Å². The average Bonchev–Trinajstić information content (AvgIpc) is 2.97. The van der Waals surface area contributed by atoms with E-state index in [9.17, 15) is 9.90 Å². The van der Waals surface area contributed by atoms with Gasteiger partial charge in [-0.05, 0) is 31.5 Å². The molecule has 0 amide bonds. The molecule has 0 aromatic carbocycles. The van der Waals surface area contributed by atoms with Crippen molar-refractivity contribution in [2.45, 2.75) is 25.4 Å². The Bertz CT molecular complexity index is 615. The van der Waals surface area contributed by atoms with Gasteiger partial charge in [-0.15, -0.1) is 0 Å². The zero-order valence-electron chi connectivity index (χ0n) is 11.5. The largest absolute Gasteiger partial charge is 0.480 e. The third-order valence-corrected chi connectivity index (χ3v) is 3.63. The second-order valence-corrected chi connectivity index (χ2v) is 5.10. The first-order valence-corrected chi connectivity index (χ1v) is 6.93. The number of carbonyl (C=O) groups is 1. The predicted molar refractivity (Wildman–Crippen MR) is 76.3 cm³/mol. The van der Waals surface area contributed by atoms with E-state index in [0.29, 0.717) is 18.8 Å². The van der Waals surface area contributed by atoms with Crippen LogP contribution in [-0.4, -0.2) is 43.5 Å². The number of rotatable bonds is 4. The monoisotopic (exact) mass is 284 g/mol. The van der Waals surface area contributed by atoms with Crippen LogP contribution >= 0.6 is 0 Å². The summed E-state index contributed by atoms with van der Waals surface area (Å²) >= 11 is 0. The minimum Gasteiger partial charge on any atom is -0.480 e. The Hall–Kier alpha value is -2.34. The molecular formula is C15H16N4O2. The molecular weight excluding hydrogens is 268 g/mol. The fourth-order valence-electron chi connectivity index (χ4n) is 2.59. The first kappa shape index (κ1) is 13.6. The van der Waals surface area contributed by atoms with Gasteiger partial charge in [0.25, 0.3) is 0 Å². The summed E-state index contributed by atoms with van der Waals surface area (Å²) < 4.78 is 0. The summed E-state index contributed by atoms with van der Waals surface area (Å²) in [7, 11) is 0. The molecule has 1 aliphatic rings. The number of carboxylic acids is 1. The fraction of sp³-hybridized carbons (Fsp3) is 0.333. The Kier molecular flexibility index (Phi) is 3.87. The van der Waals surface area contributed by atoms with Crippen molar-refractivity contribution in [3.05, 3.63) is 42.4 Å². The van der Waals surface area contributed by atoms with Gasteiger partial charge >= 0.3 is 5.97 Å². The van der Waals surface area contributed by atoms with Crippen LogP contribution in [-0.2, 0) is 11.3 Å². The third kappa shape index (κ3) is 3.05. The summed E-state index contributed by atoms with van der Waals surface area (Å²) in [6, 6.07) is 5.20. The molecule has 2 aromatic heterocycles. The van der Waals surface area contributed by atoms with Crippen molar-refractivity contribution in [3.63, 3.8) is 0 Å². The van der Waals surface area contributed by atoms with E-state index < -0.39 is 5.97 Å². The standard InChI is InChI=1S/C15H16N4O2/c20-15(21)13-5-3-7-19(13)10-11-8-17-14(18-9-11)12-4-1-2-6-16-12/h1-2,4,6,8-9,13H,3,5,7,10H2,(H,20,21)/t13-/m0/s1. The lowest BCUT2D eigenvalue weighted by atomic mass is 10.2. The highest BCUT2D eigenvalue weighted by Gasteiger charge is 2.30. The molecule has 3 rings (SSSR count). The van der Waals surface area contributed by atoms with Gasteiger partial charge < -0.3 is 5.11 Å². The number of aliphatic carboxylic acids is 1. The lowest BCUT2D eigenvalue weighted by Crippen LogP contribution is -2.35. The number of hydrogen-bond donors (Lipinski definition) is 1. The Morgan fingerprint density at radius 3 is 2.76 bits per heavy atom. The van der Waals surface area contributed by atoms with Gasteiger partial charge in [-0.1, -0.05) is 6.07 Å². The zero-order chi connectivity index (χ0) is 14.7. The molecule has 0 saturated carbocycles. The second-order valence-electron chi connectivity index (χ2n) is 5.10. The Morgan fingerprint density at radius 1 is 1.29 bits per heavy atom. The number of pyridine rings is 1. The smallest absolute Gasteiger partial charge is 0.320 e. The lowest BCUT2D eigenvalue weighted by Gasteiger charge is -2.20. The molecule has 1 fully saturated rings. The van der Waals surface area contributed by atoms with Gasteiger partial charge in [0.05, 0.1) is 0 Å². The van der Waals surface area contributed by atoms with Crippen LogP contribution in [0, 0.1) is 0 Å². The Morgan fingerprint density at radius 2 is 2.10 bits per heavy atom. The summed E-state index contributed by atoms with van der Waals surface area (Å²) in [5.41, 5.74) is 1.65. The third-order valence-electron chi connectivity index (χ3n) is 3.63. The highest BCUT2D eigenvalue weighted by atomic mass is 16.4. The molecule has 6 heteroatoms. The van der Waals surface area contributed by atoms with Crippen LogP contribution < -0.4 is 0 Å². The van der Waals surface area contributed by atoms with Crippen LogP contribution in [0.2, 0.25) is 0 Å². The van der Waals surface area contributed by atoms with Crippen LogP contribution in [0.5, 0.6) is 0 Å². The van der Waals surface area contributed by atoms with Crippen molar-refractivity contribution in [3.8, 4) is 11.5 Å². The molecule has 0 aliphatic carbocycles. The van der Waals surface area contributed by atoms with Crippen molar-refractivity contribution in [1.82, 2.24) is 19.9 Å². The van der Waals surface area contributed by atoms with E-state index in [-0.39, 0.29) is 6.04 Å². The normalized spacial score (nSPS) is 18.8. The molecule has 1 atom stereocenters. The number of hydrogen-bond acceptors (Lipinski definition) is 5. The quantitative estimate of drug-likeness (QED) is 0.918. The number of nitrogens with zero attached hydrogens (tertiary/aromatic N) is 4. The summed E-state index contributed by atoms with van der Waals surface area (Å²) in [5.74, 6) is -0.172. The first-order valence-electron chi connectivity index (χ1n) is 6.93. The molecule has 3 heterocycles. The number of likely N-dealkylation sites (tertiary alicyclic amines) is 1. The Labute approximate surface area is 122 Å². The van der Waals surface area contributed by atoms with E-state index in [2.05, 4.69) is 15.0 Å². The minimum atomic E-state index is -0.751. The second kappa shape index (κ2) is 5.97. The molecule has 0 spiro atoms. The summed E-state index contributed by atoms with van der Waals surface area (Å²) in [4.78, 5) is 26.0. The summed E-state index contributed by atoms with van der Waals surface area (Å²) in [6.45, 7) is 1.37. The van der Waals surface area contributed by atoms with Gasteiger partial charge in [-0.25, -0.2) is 9.97 Å². The van der Waals surface area contributed by atoms with Crippen LogP contribution in [0.25, 0.3) is 11.5 Å². The molecule has 1 aliphatic heterocycles. The molecule has 1 N–H and O–H groups in total. The van der Waals surface area contributed by atoms with E-state index >= 15 is 0 Å². The van der Waals surface area contributed by atoms with E-state index in [0.717, 1.165) is 24.2 Å². The van der Waals surface area contributed by atoms with E-state index in [1.165, 1.54) is 0 Å². The lowest BCUT2D eigenvalue weighted by molar-refractivity contribution is -0.142. The van der Waals surface area contributed by atoms with Crippen LogP contribution in [0.4, 0.5) is 0 Å². The average molecular weight is 284 g/mol. The van der Waals surface area contributed by atoms with Gasteiger partial charge in [0.2, 0.25) is 0 Å². The molecule has 0 bridgehead atoms. The number of carboxylic acid groups (broad SMARTS) is 1. The zero-order valence-corrected chi connectivity index (χ0v) is 11.5. The van der Waals surface area contributed by atoms with Crippen molar-refractivity contribution in [2.75, 3.05) is 6.54 Å². The number of aromatic nitrogens is 3. The molecule has 2 aromatic rings. The molecule has 1 saturated heterocycles. The molecule has 0 radical (unpaired) electrons. The molecule has 0 unspecified atom stereocenters. The van der Waals surface area contributed by atoms with Crippen molar-refractivity contribution in [2.24, 2.45) is 0 Å². The predicted octanol–water partition coefficient (Wildman–Crippen LogP) is 1.59. The van der Waals surface area contributed by atoms with Gasteiger partial charge in [-0.2, -0.15) is 0 Å². The summed E-state index contributed by atoms with van der Waals surface area (Å²) in [5, 5.41) is 9.17. The topological polar surface area (TPSA) is 79.2 Å². The fourth-order valence-corrected chi connectivity index (χ4v) is 2.59. The van der Waals surface area contributed by atoms with E-state index in [4.69, 9.17) is 0 Å². The van der Waals surface area contributed by atoms with Gasteiger partial charge in [0, 0.05) is 30.7 Å². The highest BCUT2D eigenvalue weighted by molar-refractivity contribution is 5.73. The van der Waals surface area contributed by atoms with E-state index in [1.807, 2.05) is 23.1 Å². The van der Waals surface area contributed by atoms with Gasteiger partial charge in [-0.3, -0.25) is 14.7 Å². The minimum absolute atomic E-state index is 0.388. The maximum absolute atomic E-state index is 11.2. The van der Waals surface area contributed by atoms with Crippen molar-refractivity contribution < 1.29 is 9.90 Å². The molecule has 21 heavy (non-hydrogen) atoms. The van der Waals surface area contributed by atoms with Gasteiger partial charge in [0.1, 0.15) is 11.7 Å². The van der Waals surface area contributed by atoms with E-state index in [1.54, 1.807) is 18.6 Å². The highest BCUT2D eigenvalue weighted by Crippen LogP contribution is 2.20. The first-order chi connectivity index (χ1) is 10.2. The van der Waals surface area contributed by atoms with Crippen molar-refractivity contribution in [1.29, 1.82) is 0 Å². The summed E-state index contributed by atoms with van der Waals surface area (Å²) in [6.07, 6.45) is 6.82.